The lowest BCUT2D eigenvalue weighted by molar-refractivity contribution is 0.0851. The summed E-state index contributed by atoms with van der Waals surface area (Å²) in [5.41, 5.74) is 1.63. The van der Waals surface area contributed by atoms with Crippen LogP contribution in [0.4, 0.5) is 0 Å². The summed E-state index contributed by atoms with van der Waals surface area (Å²) in [5.74, 6) is 1.41. The van der Waals surface area contributed by atoms with Crippen molar-refractivity contribution in [2.45, 2.75) is 20.5 Å². The van der Waals surface area contributed by atoms with E-state index in [1.54, 1.807) is 4.57 Å². The van der Waals surface area contributed by atoms with Gasteiger partial charge in [-0.2, -0.15) is 0 Å². The minimum Gasteiger partial charge on any atom is -0.486 e. The van der Waals surface area contributed by atoms with Gasteiger partial charge in [0.25, 0.3) is 0 Å². The standard InChI is InChI=1S/C20H23N3O2/c1-3-22(4-2)14-20(24)23-18-13-9-8-12-17(18)21-19(23)15-25-16-10-6-5-7-11-16/h5-13H,3-4,14-15H2,1-2H3. The minimum absolute atomic E-state index is 0.0176. The number of nitrogens with zero attached hydrogens (tertiary/aromatic N) is 3. The molecular weight excluding hydrogens is 314 g/mol. The molecule has 1 heterocycles. The molecule has 5 heteroatoms. The number of imidazole rings is 1. The first-order valence-electron chi connectivity index (χ1n) is 8.62. The van der Waals surface area contributed by atoms with Crippen molar-refractivity contribution >= 4 is 16.9 Å². The summed E-state index contributed by atoms with van der Waals surface area (Å²) in [6.45, 7) is 6.41. The van der Waals surface area contributed by atoms with E-state index in [4.69, 9.17) is 4.74 Å². The van der Waals surface area contributed by atoms with Crippen molar-refractivity contribution in [2.75, 3.05) is 19.6 Å². The summed E-state index contributed by atoms with van der Waals surface area (Å²) < 4.78 is 7.51. The molecule has 0 amide bonds. The second kappa shape index (κ2) is 7.94. The van der Waals surface area contributed by atoms with Gasteiger partial charge < -0.3 is 4.74 Å². The van der Waals surface area contributed by atoms with Crippen LogP contribution in [0.3, 0.4) is 0 Å². The van der Waals surface area contributed by atoms with Crippen LogP contribution in [-0.4, -0.2) is 40.0 Å². The molecule has 0 saturated carbocycles. The van der Waals surface area contributed by atoms with E-state index in [2.05, 4.69) is 23.7 Å². The van der Waals surface area contributed by atoms with E-state index in [-0.39, 0.29) is 12.5 Å². The van der Waals surface area contributed by atoms with Crippen molar-refractivity contribution in [1.29, 1.82) is 0 Å². The maximum absolute atomic E-state index is 12.9. The smallest absolute Gasteiger partial charge is 0.246 e. The summed E-state index contributed by atoms with van der Waals surface area (Å²) in [6.07, 6.45) is 0. The number of ether oxygens (including phenoxy) is 1. The molecular formula is C20H23N3O2. The van der Waals surface area contributed by atoms with E-state index < -0.39 is 0 Å². The molecule has 3 aromatic rings. The minimum atomic E-state index is 0.0176. The normalized spacial score (nSPS) is 11.2. The number of hydrogen-bond donors (Lipinski definition) is 0. The van der Waals surface area contributed by atoms with E-state index in [1.165, 1.54) is 0 Å². The number of para-hydroxylation sites is 3. The maximum atomic E-state index is 12.9. The van der Waals surface area contributed by atoms with Gasteiger partial charge in [-0.3, -0.25) is 14.3 Å². The van der Waals surface area contributed by atoms with Crippen LogP contribution in [0.5, 0.6) is 5.75 Å². The predicted octanol–water partition coefficient (Wildman–Crippen LogP) is 3.60. The monoisotopic (exact) mass is 337 g/mol. The van der Waals surface area contributed by atoms with E-state index in [1.807, 2.05) is 54.6 Å². The zero-order valence-corrected chi connectivity index (χ0v) is 14.7. The largest absolute Gasteiger partial charge is 0.486 e. The highest BCUT2D eigenvalue weighted by atomic mass is 16.5. The molecule has 0 unspecified atom stereocenters. The van der Waals surface area contributed by atoms with Crippen LogP contribution in [0.1, 0.15) is 24.5 Å². The molecule has 130 valence electrons. The fourth-order valence-corrected chi connectivity index (χ4v) is 2.82. The van der Waals surface area contributed by atoms with Crippen molar-refractivity contribution in [3.8, 4) is 5.75 Å². The summed E-state index contributed by atoms with van der Waals surface area (Å²) in [4.78, 5) is 19.6. The number of likely N-dealkylation sites (N-methyl/N-ethyl adjacent to an activating group) is 1. The van der Waals surface area contributed by atoms with Crippen LogP contribution >= 0.6 is 0 Å². The average Bonchev–Trinajstić information content (AvgIpc) is 3.03. The fraction of sp³-hybridized carbons (Fsp3) is 0.300. The Hall–Kier alpha value is -2.66. The number of hydrogen-bond acceptors (Lipinski definition) is 4. The SMILES string of the molecule is CCN(CC)CC(=O)n1c(COc2ccccc2)nc2ccccc21. The van der Waals surface area contributed by atoms with Gasteiger partial charge in [-0.05, 0) is 37.4 Å². The van der Waals surface area contributed by atoms with Crippen LogP contribution in [0.2, 0.25) is 0 Å². The Morgan fingerprint density at radius 3 is 2.44 bits per heavy atom. The van der Waals surface area contributed by atoms with Gasteiger partial charge in [0.15, 0.2) is 5.82 Å². The molecule has 5 nitrogen and oxygen atoms in total. The Balaban J connectivity index is 1.90. The first-order chi connectivity index (χ1) is 12.2. The van der Waals surface area contributed by atoms with Crippen LogP contribution in [0.25, 0.3) is 11.0 Å². The van der Waals surface area contributed by atoms with Gasteiger partial charge in [0.05, 0.1) is 17.6 Å². The molecule has 0 N–H and O–H groups in total. The number of fused-ring (bicyclic) bond motifs is 1. The summed E-state index contributed by atoms with van der Waals surface area (Å²) in [7, 11) is 0. The highest BCUT2D eigenvalue weighted by Gasteiger charge is 2.18. The molecule has 0 aliphatic heterocycles. The summed E-state index contributed by atoms with van der Waals surface area (Å²) in [5, 5.41) is 0. The number of rotatable bonds is 7. The summed E-state index contributed by atoms with van der Waals surface area (Å²) in [6, 6.07) is 17.3. The number of benzene rings is 2. The van der Waals surface area contributed by atoms with E-state index in [0.717, 1.165) is 29.9 Å². The first kappa shape index (κ1) is 17.2. The van der Waals surface area contributed by atoms with Crippen molar-refractivity contribution in [3.05, 3.63) is 60.4 Å². The lowest BCUT2D eigenvalue weighted by atomic mass is 10.3. The van der Waals surface area contributed by atoms with Gasteiger partial charge in [0, 0.05) is 0 Å². The molecule has 1 aromatic heterocycles. The molecule has 25 heavy (non-hydrogen) atoms. The third-order valence-electron chi connectivity index (χ3n) is 4.24. The quantitative estimate of drug-likeness (QED) is 0.661. The number of carbonyl (C=O) groups is 1. The molecule has 0 fully saturated rings. The zero-order valence-electron chi connectivity index (χ0n) is 14.7. The van der Waals surface area contributed by atoms with Crippen LogP contribution in [0.15, 0.2) is 54.6 Å². The fourth-order valence-electron chi connectivity index (χ4n) is 2.82. The van der Waals surface area contributed by atoms with Gasteiger partial charge in [0.2, 0.25) is 5.91 Å². The first-order valence-corrected chi connectivity index (χ1v) is 8.62. The number of carbonyl (C=O) groups excluding carboxylic acids is 1. The Labute approximate surface area is 147 Å². The predicted molar refractivity (Wildman–Crippen MR) is 98.9 cm³/mol. The topological polar surface area (TPSA) is 47.4 Å². The summed E-state index contributed by atoms with van der Waals surface area (Å²) >= 11 is 0. The third-order valence-corrected chi connectivity index (χ3v) is 4.24. The molecule has 0 spiro atoms. The van der Waals surface area contributed by atoms with Gasteiger partial charge in [-0.1, -0.05) is 44.2 Å². The molecule has 0 atom stereocenters. The highest BCUT2D eigenvalue weighted by Crippen LogP contribution is 2.18. The Bertz CT molecular complexity index is 839. The van der Waals surface area contributed by atoms with Crippen molar-refractivity contribution in [3.63, 3.8) is 0 Å². The lowest BCUT2D eigenvalue weighted by Gasteiger charge is -2.18. The molecule has 0 bridgehead atoms. The lowest BCUT2D eigenvalue weighted by Crippen LogP contribution is -2.33. The van der Waals surface area contributed by atoms with Gasteiger partial charge in [-0.25, -0.2) is 4.98 Å². The maximum Gasteiger partial charge on any atom is 0.246 e. The molecule has 2 aromatic carbocycles. The second-order valence-corrected chi connectivity index (χ2v) is 5.81. The molecule has 3 rings (SSSR count). The highest BCUT2D eigenvalue weighted by molar-refractivity contribution is 5.92. The molecule has 0 saturated heterocycles. The van der Waals surface area contributed by atoms with Crippen molar-refractivity contribution < 1.29 is 9.53 Å². The van der Waals surface area contributed by atoms with Crippen LogP contribution in [-0.2, 0) is 6.61 Å². The van der Waals surface area contributed by atoms with Crippen LogP contribution in [0, 0.1) is 0 Å². The molecule has 0 radical (unpaired) electrons. The van der Waals surface area contributed by atoms with Gasteiger partial charge in [-0.15, -0.1) is 0 Å². The van der Waals surface area contributed by atoms with Crippen molar-refractivity contribution in [1.82, 2.24) is 14.5 Å². The van der Waals surface area contributed by atoms with Crippen molar-refractivity contribution in [2.24, 2.45) is 0 Å². The van der Waals surface area contributed by atoms with Gasteiger partial charge >= 0.3 is 0 Å². The molecule has 0 aliphatic rings. The third kappa shape index (κ3) is 3.88. The van der Waals surface area contributed by atoms with E-state index >= 15 is 0 Å². The van der Waals surface area contributed by atoms with Crippen LogP contribution < -0.4 is 4.74 Å². The Kier molecular flexibility index (Phi) is 5.46. The Morgan fingerprint density at radius 1 is 1.04 bits per heavy atom. The molecule has 0 aliphatic carbocycles. The van der Waals surface area contributed by atoms with E-state index in [9.17, 15) is 4.79 Å². The van der Waals surface area contributed by atoms with E-state index in [0.29, 0.717) is 12.4 Å². The Morgan fingerprint density at radius 2 is 1.72 bits per heavy atom. The van der Waals surface area contributed by atoms with Gasteiger partial charge in [0.1, 0.15) is 12.4 Å². The zero-order chi connectivity index (χ0) is 17.6. The second-order valence-electron chi connectivity index (χ2n) is 5.81. The number of aromatic nitrogens is 2. The average molecular weight is 337 g/mol.